The molecule has 0 saturated carbocycles. The van der Waals surface area contributed by atoms with E-state index >= 15 is 17.6 Å². The number of benzene rings is 1. The first kappa shape index (κ1) is 29.1. The van der Waals surface area contributed by atoms with Crippen molar-refractivity contribution in [2.24, 2.45) is 5.92 Å². The molecule has 0 spiro atoms. The van der Waals surface area contributed by atoms with Crippen molar-refractivity contribution >= 4 is 16.9 Å². The fourth-order valence-corrected chi connectivity index (χ4v) is 6.11. The summed E-state index contributed by atoms with van der Waals surface area (Å²) in [6.45, 7) is 7.44. The minimum absolute atomic E-state index is 0.0213. The van der Waals surface area contributed by atoms with Gasteiger partial charge in [0.1, 0.15) is 23.1 Å². The highest BCUT2D eigenvalue weighted by Gasteiger charge is 2.34. The first-order valence-electron chi connectivity index (χ1n) is 14.6. The highest BCUT2D eigenvalue weighted by molar-refractivity contribution is 5.91. The van der Waals surface area contributed by atoms with Crippen LogP contribution in [0.15, 0.2) is 41.3 Å². The molecule has 0 unspecified atom stereocenters. The highest BCUT2D eigenvalue weighted by Crippen LogP contribution is 2.39. The molecule has 2 aliphatic heterocycles. The summed E-state index contributed by atoms with van der Waals surface area (Å²) in [7, 11) is 0. The average molecular weight is 596 g/mol. The molecule has 0 aliphatic carbocycles. The predicted molar refractivity (Wildman–Crippen MR) is 156 cm³/mol. The van der Waals surface area contributed by atoms with Gasteiger partial charge < -0.3 is 9.64 Å². The van der Waals surface area contributed by atoms with Gasteiger partial charge in [0.05, 0.1) is 22.3 Å². The standard InChI is InChI=1S/C32H33F4N5O2/c1-17(2)26-28-20(11-13-37-26)10-12-32(35,36)16-43-24-7-5-6-22(33)25(24)27-23(34)14-21-29(39-31(42)41(28)30(21)38-27)40-15-18(3)8-9-19(40)4/h5-7,11,13-14,17-19H,8-10,12,15-16H2,1-4H3/t18-,19-/m0/s1. The number of alkyl halides is 2. The first-order chi connectivity index (χ1) is 20.4. The molecular weight excluding hydrogens is 562 g/mol. The molecule has 3 aromatic heterocycles. The van der Waals surface area contributed by atoms with E-state index in [4.69, 9.17) is 4.74 Å². The molecule has 2 atom stereocenters. The summed E-state index contributed by atoms with van der Waals surface area (Å²) in [5, 5.41) is 0.255. The summed E-state index contributed by atoms with van der Waals surface area (Å²) in [6.07, 6.45) is 2.65. The minimum atomic E-state index is -3.32. The summed E-state index contributed by atoms with van der Waals surface area (Å²) < 4.78 is 68.5. The number of piperidine rings is 1. The fraction of sp³-hybridized carbons (Fsp3) is 0.438. The molecule has 226 valence electrons. The van der Waals surface area contributed by atoms with E-state index in [1.807, 2.05) is 25.7 Å². The third-order valence-electron chi connectivity index (χ3n) is 8.41. The van der Waals surface area contributed by atoms with Crippen molar-refractivity contribution in [3.05, 3.63) is 69.9 Å². The molecule has 43 heavy (non-hydrogen) atoms. The topological polar surface area (TPSA) is 73.1 Å². The minimum Gasteiger partial charge on any atom is -0.486 e. The smallest absolute Gasteiger partial charge is 0.355 e. The van der Waals surface area contributed by atoms with E-state index in [1.54, 1.807) is 6.07 Å². The van der Waals surface area contributed by atoms with Crippen molar-refractivity contribution in [1.82, 2.24) is 19.5 Å². The van der Waals surface area contributed by atoms with Gasteiger partial charge in [-0.1, -0.05) is 26.8 Å². The van der Waals surface area contributed by atoms with Gasteiger partial charge in [-0.15, -0.1) is 0 Å². The van der Waals surface area contributed by atoms with Crippen LogP contribution < -0.4 is 15.3 Å². The Bertz CT molecular complexity index is 1770. The van der Waals surface area contributed by atoms with Crippen molar-refractivity contribution in [3.63, 3.8) is 0 Å². The summed E-state index contributed by atoms with van der Waals surface area (Å²) in [5.74, 6) is -4.99. The van der Waals surface area contributed by atoms with Gasteiger partial charge in [-0.3, -0.25) is 4.98 Å². The zero-order valence-electron chi connectivity index (χ0n) is 24.5. The Hall–Kier alpha value is -4.02. The van der Waals surface area contributed by atoms with Crippen LogP contribution in [-0.4, -0.2) is 44.6 Å². The van der Waals surface area contributed by atoms with Gasteiger partial charge in [0.15, 0.2) is 18.1 Å². The molecule has 1 aromatic carbocycles. The third kappa shape index (κ3) is 5.23. The van der Waals surface area contributed by atoms with E-state index in [0.717, 1.165) is 18.9 Å². The van der Waals surface area contributed by atoms with E-state index in [1.165, 1.54) is 29.0 Å². The van der Waals surface area contributed by atoms with Gasteiger partial charge in [0, 0.05) is 25.2 Å². The van der Waals surface area contributed by atoms with Gasteiger partial charge in [0.25, 0.3) is 5.92 Å². The number of nitrogens with zero attached hydrogens (tertiary/aromatic N) is 5. The van der Waals surface area contributed by atoms with E-state index in [9.17, 15) is 4.79 Å². The largest absolute Gasteiger partial charge is 0.486 e. The molecular formula is C32H33F4N5O2. The SMILES string of the molecule is CC(C)c1nccc2c1-n1c(=O)nc(N3C[C@@H](C)CC[C@@H]3C)c3cc(F)c(nc31)-c1c(F)cccc1OCC(F)(F)CC2. The predicted octanol–water partition coefficient (Wildman–Crippen LogP) is 6.83. The number of hydrogen-bond donors (Lipinski definition) is 0. The second kappa shape index (κ2) is 10.9. The molecule has 5 heterocycles. The normalized spacial score (nSPS) is 20.2. The zero-order valence-corrected chi connectivity index (χ0v) is 24.5. The van der Waals surface area contributed by atoms with E-state index < -0.39 is 47.5 Å². The maximum Gasteiger partial charge on any atom is 0.355 e. The lowest BCUT2D eigenvalue weighted by atomic mass is 9.95. The van der Waals surface area contributed by atoms with Crippen molar-refractivity contribution in [3.8, 4) is 22.7 Å². The number of aryl methyl sites for hydroxylation is 1. The molecule has 11 heteroatoms. The molecule has 6 rings (SSSR count). The maximum atomic E-state index is 16.1. The monoisotopic (exact) mass is 595 g/mol. The Balaban J connectivity index is 1.76. The Morgan fingerprint density at radius 1 is 1.07 bits per heavy atom. The highest BCUT2D eigenvalue weighted by atomic mass is 19.3. The van der Waals surface area contributed by atoms with Gasteiger partial charge in [-0.2, -0.15) is 4.98 Å². The number of fused-ring (bicyclic) bond motifs is 5. The van der Waals surface area contributed by atoms with Crippen LogP contribution >= 0.6 is 0 Å². The van der Waals surface area contributed by atoms with Gasteiger partial charge >= 0.3 is 5.69 Å². The van der Waals surface area contributed by atoms with E-state index in [0.29, 0.717) is 23.7 Å². The molecule has 2 bridgehead atoms. The number of anilines is 1. The van der Waals surface area contributed by atoms with Gasteiger partial charge in [0.2, 0.25) is 0 Å². The number of rotatable bonds is 2. The Morgan fingerprint density at radius 3 is 2.63 bits per heavy atom. The summed E-state index contributed by atoms with van der Waals surface area (Å²) in [4.78, 5) is 29.7. The Labute approximate surface area is 246 Å². The summed E-state index contributed by atoms with van der Waals surface area (Å²) in [5.41, 5.74) is -0.332. The Morgan fingerprint density at radius 2 is 1.86 bits per heavy atom. The number of pyridine rings is 2. The number of ether oxygens (including phenoxy) is 1. The van der Waals surface area contributed by atoms with Crippen LogP contribution in [0.3, 0.4) is 0 Å². The van der Waals surface area contributed by atoms with Crippen LogP contribution in [0.1, 0.15) is 64.1 Å². The van der Waals surface area contributed by atoms with Crippen LogP contribution in [0, 0.1) is 17.6 Å². The van der Waals surface area contributed by atoms with E-state index in [2.05, 4.69) is 21.9 Å². The lowest BCUT2D eigenvalue weighted by molar-refractivity contribution is -0.0472. The molecule has 1 fully saturated rings. The van der Waals surface area contributed by atoms with E-state index in [-0.39, 0.29) is 46.7 Å². The zero-order chi connectivity index (χ0) is 30.6. The van der Waals surface area contributed by atoms with Crippen LogP contribution in [0.2, 0.25) is 0 Å². The van der Waals surface area contributed by atoms with Crippen LogP contribution in [0.25, 0.3) is 28.0 Å². The van der Waals surface area contributed by atoms with Crippen molar-refractivity contribution in [2.75, 3.05) is 18.1 Å². The molecule has 1 saturated heterocycles. The van der Waals surface area contributed by atoms with Crippen LogP contribution in [0.4, 0.5) is 23.4 Å². The maximum absolute atomic E-state index is 16.1. The van der Waals surface area contributed by atoms with Crippen LogP contribution in [-0.2, 0) is 6.42 Å². The summed E-state index contributed by atoms with van der Waals surface area (Å²) in [6, 6.07) is 6.51. The molecule has 4 aromatic rings. The van der Waals surface area contributed by atoms with Gasteiger partial charge in [-0.25, -0.2) is 31.9 Å². The Kier molecular flexibility index (Phi) is 7.38. The fourth-order valence-electron chi connectivity index (χ4n) is 6.11. The number of hydrogen-bond acceptors (Lipinski definition) is 6. The van der Waals surface area contributed by atoms with Crippen LogP contribution in [0.5, 0.6) is 5.75 Å². The first-order valence-corrected chi connectivity index (χ1v) is 14.6. The third-order valence-corrected chi connectivity index (χ3v) is 8.41. The molecule has 0 radical (unpaired) electrons. The van der Waals surface area contributed by atoms with Crippen molar-refractivity contribution < 1.29 is 22.3 Å². The van der Waals surface area contributed by atoms with Crippen molar-refractivity contribution in [1.29, 1.82) is 0 Å². The van der Waals surface area contributed by atoms with Crippen molar-refractivity contribution in [2.45, 2.75) is 71.3 Å². The molecule has 0 N–H and O–H groups in total. The molecule has 0 amide bonds. The second-order valence-electron chi connectivity index (χ2n) is 12.0. The lowest BCUT2D eigenvalue weighted by Crippen LogP contribution is -2.43. The second-order valence-corrected chi connectivity index (χ2v) is 12.0. The summed E-state index contributed by atoms with van der Waals surface area (Å²) >= 11 is 0. The number of halogens is 4. The molecule has 2 aliphatic rings. The van der Waals surface area contributed by atoms with Gasteiger partial charge in [-0.05, 0) is 67.9 Å². The molecule has 7 nitrogen and oxygen atoms in total. The average Bonchev–Trinajstić information content (AvgIpc) is 2.96. The number of aromatic nitrogens is 4. The lowest BCUT2D eigenvalue weighted by Gasteiger charge is -2.38. The quantitative estimate of drug-likeness (QED) is 0.237.